The van der Waals surface area contributed by atoms with Gasteiger partial charge < -0.3 is 9.42 Å². The Labute approximate surface area is 142 Å². The lowest BCUT2D eigenvalue weighted by Gasteiger charge is -2.21. The van der Waals surface area contributed by atoms with Crippen LogP contribution in [-0.2, 0) is 13.2 Å². The summed E-state index contributed by atoms with van der Waals surface area (Å²) in [6, 6.07) is 2.27. The van der Waals surface area contributed by atoms with E-state index in [2.05, 4.69) is 10.3 Å². The van der Waals surface area contributed by atoms with Crippen LogP contribution in [0.3, 0.4) is 0 Å². The molecular formula is C16H19F3N4O2. The fraction of sp³-hybridized carbons (Fsp3) is 0.562. The van der Waals surface area contributed by atoms with E-state index in [1.165, 1.54) is 11.9 Å². The van der Waals surface area contributed by atoms with Gasteiger partial charge in [-0.05, 0) is 18.8 Å². The van der Waals surface area contributed by atoms with Gasteiger partial charge in [-0.2, -0.15) is 18.3 Å². The minimum Gasteiger partial charge on any atom is -0.359 e. The molecule has 0 spiro atoms. The highest BCUT2D eigenvalue weighted by Gasteiger charge is 2.38. The molecular weight excluding hydrogens is 337 g/mol. The smallest absolute Gasteiger partial charge is 0.359 e. The zero-order valence-corrected chi connectivity index (χ0v) is 14.2. The van der Waals surface area contributed by atoms with Crippen molar-refractivity contribution in [2.75, 3.05) is 6.54 Å². The van der Waals surface area contributed by atoms with E-state index in [0.717, 1.165) is 18.2 Å². The quantitative estimate of drug-likeness (QED) is 0.844. The molecule has 25 heavy (non-hydrogen) atoms. The standard InChI is InChI=1S/C16H19F3N4O2/c1-9(2)10-7-13(25-21-10)12-5-4-6-23(12)15(24)11-8-14(16(17,18)19)22(3)20-11/h7-9,12H,4-6H2,1-3H3. The number of amides is 1. The lowest BCUT2D eigenvalue weighted by Crippen LogP contribution is -2.30. The van der Waals surface area contributed by atoms with Gasteiger partial charge in [-0.3, -0.25) is 9.48 Å². The molecule has 0 N–H and O–H groups in total. The van der Waals surface area contributed by atoms with Crippen LogP contribution in [0, 0.1) is 0 Å². The Hall–Kier alpha value is -2.32. The number of hydrogen-bond donors (Lipinski definition) is 0. The number of aromatic nitrogens is 3. The molecule has 136 valence electrons. The highest BCUT2D eigenvalue weighted by molar-refractivity contribution is 5.93. The van der Waals surface area contributed by atoms with Crippen LogP contribution in [0.4, 0.5) is 13.2 Å². The molecule has 9 heteroatoms. The third-order valence-corrected chi connectivity index (χ3v) is 4.37. The Morgan fingerprint density at radius 2 is 2.08 bits per heavy atom. The third kappa shape index (κ3) is 3.27. The third-order valence-electron chi connectivity index (χ3n) is 4.37. The van der Waals surface area contributed by atoms with Gasteiger partial charge in [0.25, 0.3) is 5.91 Å². The summed E-state index contributed by atoms with van der Waals surface area (Å²) in [5.41, 5.74) is -0.384. The van der Waals surface area contributed by atoms with Crippen LogP contribution in [-0.4, -0.2) is 32.3 Å². The molecule has 1 aliphatic rings. The Morgan fingerprint density at radius 3 is 2.64 bits per heavy atom. The maximum Gasteiger partial charge on any atom is 0.433 e. The number of carbonyl (C=O) groups excluding carboxylic acids is 1. The van der Waals surface area contributed by atoms with E-state index in [0.29, 0.717) is 23.4 Å². The van der Waals surface area contributed by atoms with Crippen molar-refractivity contribution in [2.24, 2.45) is 7.05 Å². The van der Waals surface area contributed by atoms with Crippen molar-refractivity contribution < 1.29 is 22.5 Å². The topological polar surface area (TPSA) is 64.2 Å². The van der Waals surface area contributed by atoms with E-state index in [1.54, 1.807) is 6.07 Å². The van der Waals surface area contributed by atoms with E-state index in [4.69, 9.17) is 4.52 Å². The number of likely N-dealkylation sites (tertiary alicyclic amines) is 1. The van der Waals surface area contributed by atoms with E-state index in [1.807, 2.05) is 13.8 Å². The average Bonchev–Trinajstić information content (AvgIpc) is 3.23. The lowest BCUT2D eigenvalue weighted by molar-refractivity contribution is -0.143. The summed E-state index contributed by atoms with van der Waals surface area (Å²) in [5.74, 6) is 0.214. The maximum absolute atomic E-state index is 12.9. The van der Waals surface area contributed by atoms with E-state index in [-0.39, 0.29) is 17.7 Å². The van der Waals surface area contributed by atoms with E-state index < -0.39 is 17.8 Å². The predicted octanol–water partition coefficient (Wildman–Crippen LogP) is 3.53. The maximum atomic E-state index is 12.9. The molecule has 3 heterocycles. The second-order valence-corrected chi connectivity index (χ2v) is 6.50. The first-order valence-corrected chi connectivity index (χ1v) is 8.07. The SMILES string of the molecule is CC(C)c1cc(C2CCCN2C(=O)c2cc(C(F)(F)F)n(C)n2)on1. The first-order valence-electron chi connectivity index (χ1n) is 8.07. The molecule has 1 atom stereocenters. The van der Waals surface area contributed by atoms with Crippen molar-refractivity contribution in [1.82, 2.24) is 19.8 Å². The highest BCUT2D eigenvalue weighted by Crippen LogP contribution is 2.35. The number of rotatable bonds is 3. The summed E-state index contributed by atoms with van der Waals surface area (Å²) in [5, 5.41) is 7.74. The van der Waals surface area contributed by atoms with Crippen LogP contribution >= 0.6 is 0 Å². The molecule has 1 aliphatic heterocycles. The minimum atomic E-state index is -4.55. The molecule has 0 saturated carbocycles. The van der Waals surface area contributed by atoms with Crippen LogP contribution in [0.25, 0.3) is 0 Å². The Morgan fingerprint density at radius 1 is 1.36 bits per heavy atom. The second kappa shape index (κ2) is 6.20. The molecule has 1 unspecified atom stereocenters. The monoisotopic (exact) mass is 356 g/mol. The Balaban J connectivity index is 1.86. The van der Waals surface area contributed by atoms with Crippen molar-refractivity contribution in [3.63, 3.8) is 0 Å². The van der Waals surface area contributed by atoms with Gasteiger partial charge in [0.2, 0.25) is 0 Å². The van der Waals surface area contributed by atoms with Gasteiger partial charge in [0.05, 0.1) is 11.7 Å². The Kier molecular flexibility index (Phi) is 4.34. The fourth-order valence-corrected chi connectivity index (χ4v) is 3.02. The molecule has 1 saturated heterocycles. The van der Waals surface area contributed by atoms with Crippen molar-refractivity contribution in [3.8, 4) is 0 Å². The van der Waals surface area contributed by atoms with Gasteiger partial charge in [-0.25, -0.2) is 0 Å². The molecule has 3 rings (SSSR count). The molecule has 1 fully saturated rings. The molecule has 1 amide bonds. The van der Waals surface area contributed by atoms with Crippen molar-refractivity contribution in [2.45, 2.75) is 44.8 Å². The van der Waals surface area contributed by atoms with Gasteiger partial charge >= 0.3 is 6.18 Å². The van der Waals surface area contributed by atoms with Gasteiger partial charge in [0.1, 0.15) is 5.69 Å². The van der Waals surface area contributed by atoms with Crippen LogP contribution in [0.5, 0.6) is 0 Å². The Bertz CT molecular complexity index is 779. The summed E-state index contributed by atoms with van der Waals surface area (Å²) >= 11 is 0. The first kappa shape index (κ1) is 17.5. The van der Waals surface area contributed by atoms with Crippen LogP contribution in [0.2, 0.25) is 0 Å². The predicted molar refractivity (Wildman–Crippen MR) is 81.8 cm³/mol. The first-order chi connectivity index (χ1) is 11.7. The number of carbonyl (C=O) groups is 1. The van der Waals surface area contributed by atoms with Crippen LogP contribution < -0.4 is 0 Å². The summed E-state index contributed by atoms with van der Waals surface area (Å²) in [7, 11) is 1.17. The normalized spacial score (nSPS) is 18.4. The molecule has 2 aromatic rings. The number of aryl methyl sites for hydroxylation is 1. The summed E-state index contributed by atoms with van der Waals surface area (Å²) in [6.45, 7) is 4.40. The number of alkyl halides is 3. The summed E-state index contributed by atoms with van der Waals surface area (Å²) in [6.07, 6.45) is -3.13. The van der Waals surface area contributed by atoms with Gasteiger partial charge in [-0.1, -0.05) is 19.0 Å². The minimum absolute atomic E-state index is 0.188. The van der Waals surface area contributed by atoms with Gasteiger partial charge in [0.15, 0.2) is 11.5 Å². The number of hydrogen-bond acceptors (Lipinski definition) is 4. The zero-order chi connectivity index (χ0) is 18.4. The van der Waals surface area contributed by atoms with Crippen molar-refractivity contribution in [3.05, 3.63) is 35.0 Å². The van der Waals surface area contributed by atoms with Crippen molar-refractivity contribution >= 4 is 5.91 Å². The largest absolute Gasteiger partial charge is 0.433 e. The van der Waals surface area contributed by atoms with Gasteiger partial charge in [-0.15, -0.1) is 0 Å². The van der Waals surface area contributed by atoms with Crippen LogP contribution in [0.15, 0.2) is 16.7 Å². The average molecular weight is 356 g/mol. The molecule has 2 aromatic heterocycles. The van der Waals surface area contributed by atoms with Crippen LogP contribution in [0.1, 0.15) is 66.3 Å². The summed E-state index contributed by atoms with van der Waals surface area (Å²) < 4.78 is 44.8. The molecule has 0 aliphatic carbocycles. The molecule has 0 bridgehead atoms. The van der Waals surface area contributed by atoms with Gasteiger partial charge in [0, 0.05) is 25.7 Å². The van der Waals surface area contributed by atoms with Crippen molar-refractivity contribution in [1.29, 1.82) is 0 Å². The van der Waals surface area contributed by atoms with E-state index >= 15 is 0 Å². The van der Waals surface area contributed by atoms with E-state index in [9.17, 15) is 18.0 Å². The zero-order valence-electron chi connectivity index (χ0n) is 14.2. The number of nitrogens with zero attached hydrogens (tertiary/aromatic N) is 4. The number of halogens is 3. The molecule has 0 radical (unpaired) electrons. The second-order valence-electron chi connectivity index (χ2n) is 6.50. The lowest BCUT2D eigenvalue weighted by atomic mass is 10.1. The highest BCUT2D eigenvalue weighted by atomic mass is 19.4. The molecule has 6 nitrogen and oxygen atoms in total. The molecule has 0 aromatic carbocycles. The summed E-state index contributed by atoms with van der Waals surface area (Å²) in [4.78, 5) is 14.2. The fourth-order valence-electron chi connectivity index (χ4n) is 3.02.